The molecule has 0 saturated carbocycles. The lowest BCUT2D eigenvalue weighted by atomic mass is 9.98. The van der Waals surface area contributed by atoms with Gasteiger partial charge in [-0.1, -0.05) is 59.7 Å². The predicted octanol–water partition coefficient (Wildman–Crippen LogP) is 6.21. The fourth-order valence-corrected chi connectivity index (χ4v) is 5.13. The largest absolute Gasteiger partial charge is 0.367 e. The lowest BCUT2D eigenvalue weighted by molar-refractivity contribution is 0.687. The highest BCUT2D eigenvalue weighted by molar-refractivity contribution is 5.58. The summed E-state index contributed by atoms with van der Waals surface area (Å²) in [4.78, 5) is 5.10. The molecule has 154 valence electrons. The molecule has 0 unspecified atom stereocenters. The monoisotopic (exact) mass is 396 g/mol. The zero-order valence-electron chi connectivity index (χ0n) is 18.3. The highest BCUT2D eigenvalue weighted by Gasteiger charge is 2.18. The molecule has 5 rings (SSSR count). The van der Waals surface area contributed by atoms with Gasteiger partial charge < -0.3 is 9.80 Å². The van der Waals surface area contributed by atoms with Crippen molar-refractivity contribution in [3.05, 3.63) is 94.0 Å². The van der Waals surface area contributed by atoms with Crippen LogP contribution in [0.25, 0.3) is 0 Å². The van der Waals surface area contributed by atoms with E-state index in [0.717, 1.165) is 26.2 Å². The zero-order valence-corrected chi connectivity index (χ0v) is 18.3. The molecule has 0 fully saturated rings. The SMILES string of the molecule is Cc1ccc2c(c1)CCCN2Cc1ccc(CN2CCCc3cc(C)ccc32)cc1. The Morgan fingerprint density at radius 3 is 1.47 bits per heavy atom. The summed E-state index contributed by atoms with van der Waals surface area (Å²) in [6, 6.07) is 23.2. The fourth-order valence-electron chi connectivity index (χ4n) is 5.13. The number of hydrogen-bond donors (Lipinski definition) is 0. The summed E-state index contributed by atoms with van der Waals surface area (Å²) in [5, 5.41) is 0. The van der Waals surface area contributed by atoms with Gasteiger partial charge in [0.15, 0.2) is 0 Å². The van der Waals surface area contributed by atoms with Crippen molar-refractivity contribution in [1.29, 1.82) is 0 Å². The average Bonchev–Trinajstić information content (AvgIpc) is 2.75. The Kier molecular flexibility index (Phi) is 5.25. The van der Waals surface area contributed by atoms with Crippen molar-refractivity contribution in [3.63, 3.8) is 0 Å². The maximum Gasteiger partial charge on any atom is 0.0429 e. The maximum absolute atomic E-state index is 2.55. The van der Waals surface area contributed by atoms with Crippen LogP contribution in [-0.4, -0.2) is 13.1 Å². The Labute approximate surface area is 181 Å². The lowest BCUT2D eigenvalue weighted by Gasteiger charge is -2.32. The Bertz CT molecular complexity index is 951. The van der Waals surface area contributed by atoms with Gasteiger partial charge in [-0.25, -0.2) is 0 Å². The van der Waals surface area contributed by atoms with Gasteiger partial charge >= 0.3 is 0 Å². The van der Waals surface area contributed by atoms with Crippen LogP contribution < -0.4 is 9.80 Å². The number of benzene rings is 3. The smallest absolute Gasteiger partial charge is 0.0429 e. The molecule has 0 N–H and O–H groups in total. The van der Waals surface area contributed by atoms with E-state index >= 15 is 0 Å². The normalized spacial score (nSPS) is 15.7. The number of nitrogens with zero attached hydrogens (tertiary/aromatic N) is 2. The first kappa shape index (κ1) is 19.2. The van der Waals surface area contributed by atoms with Gasteiger partial charge in [-0.05, 0) is 73.9 Å². The molecular formula is C28H32N2. The van der Waals surface area contributed by atoms with E-state index < -0.39 is 0 Å². The Morgan fingerprint density at radius 2 is 1.03 bits per heavy atom. The van der Waals surface area contributed by atoms with E-state index in [0.29, 0.717) is 0 Å². The molecule has 30 heavy (non-hydrogen) atoms. The first-order chi connectivity index (χ1) is 14.7. The van der Waals surface area contributed by atoms with E-state index in [2.05, 4.69) is 84.3 Å². The molecule has 3 aromatic rings. The lowest BCUT2D eigenvalue weighted by Crippen LogP contribution is -2.29. The molecule has 0 atom stereocenters. The van der Waals surface area contributed by atoms with Crippen molar-refractivity contribution < 1.29 is 0 Å². The van der Waals surface area contributed by atoms with Crippen LogP contribution in [0.4, 0.5) is 11.4 Å². The maximum atomic E-state index is 2.55. The van der Waals surface area contributed by atoms with E-state index in [1.165, 1.54) is 70.4 Å². The molecule has 3 aromatic carbocycles. The van der Waals surface area contributed by atoms with Crippen LogP contribution in [0.3, 0.4) is 0 Å². The molecule has 0 spiro atoms. The van der Waals surface area contributed by atoms with Crippen LogP contribution in [0.5, 0.6) is 0 Å². The molecule has 0 bridgehead atoms. The average molecular weight is 397 g/mol. The van der Waals surface area contributed by atoms with Crippen molar-refractivity contribution >= 4 is 11.4 Å². The minimum atomic E-state index is 1.00. The predicted molar refractivity (Wildman–Crippen MR) is 128 cm³/mol. The van der Waals surface area contributed by atoms with Crippen LogP contribution in [0, 0.1) is 13.8 Å². The fraction of sp³-hybridized carbons (Fsp3) is 0.357. The second kappa shape index (κ2) is 8.18. The van der Waals surface area contributed by atoms with Crippen molar-refractivity contribution in [3.8, 4) is 0 Å². The minimum Gasteiger partial charge on any atom is -0.367 e. The van der Waals surface area contributed by atoms with Gasteiger partial charge in [0.2, 0.25) is 0 Å². The van der Waals surface area contributed by atoms with Gasteiger partial charge in [0.1, 0.15) is 0 Å². The van der Waals surface area contributed by atoms with Gasteiger partial charge in [-0.2, -0.15) is 0 Å². The second-order valence-electron chi connectivity index (χ2n) is 9.13. The summed E-state index contributed by atoms with van der Waals surface area (Å²) in [5.41, 5.74) is 11.4. The quantitative estimate of drug-likeness (QED) is 0.517. The molecule has 2 nitrogen and oxygen atoms in total. The molecule has 2 aliphatic heterocycles. The standard InChI is InChI=1S/C28H32N2/c1-21-7-13-27-25(17-21)5-3-15-29(27)19-23-9-11-24(12-10-23)20-30-16-4-6-26-18-22(2)8-14-28(26)30/h7-14,17-18H,3-6,15-16,19-20H2,1-2H3. The molecule has 0 amide bonds. The number of fused-ring (bicyclic) bond motifs is 2. The summed E-state index contributed by atoms with van der Waals surface area (Å²) in [6.45, 7) is 8.70. The summed E-state index contributed by atoms with van der Waals surface area (Å²) in [6.07, 6.45) is 4.93. The third kappa shape index (κ3) is 3.96. The minimum absolute atomic E-state index is 1.00. The molecule has 2 aliphatic rings. The van der Waals surface area contributed by atoms with Gasteiger partial charge in [0.25, 0.3) is 0 Å². The second-order valence-corrected chi connectivity index (χ2v) is 9.13. The first-order valence-corrected chi connectivity index (χ1v) is 11.4. The Morgan fingerprint density at radius 1 is 0.600 bits per heavy atom. The number of anilines is 2. The topological polar surface area (TPSA) is 6.48 Å². The molecule has 0 saturated heterocycles. The van der Waals surface area contributed by atoms with E-state index in [-0.39, 0.29) is 0 Å². The Hall–Kier alpha value is -2.74. The molecule has 0 aliphatic carbocycles. The zero-order chi connectivity index (χ0) is 20.5. The highest BCUT2D eigenvalue weighted by Crippen LogP contribution is 2.31. The van der Waals surface area contributed by atoms with Gasteiger partial charge in [0.05, 0.1) is 0 Å². The Balaban J connectivity index is 1.29. The van der Waals surface area contributed by atoms with Crippen molar-refractivity contribution in [2.45, 2.75) is 52.6 Å². The first-order valence-electron chi connectivity index (χ1n) is 11.4. The van der Waals surface area contributed by atoms with Crippen molar-refractivity contribution in [2.75, 3.05) is 22.9 Å². The van der Waals surface area contributed by atoms with Gasteiger partial charge in [0, 0.05) is 37.6 Å². The highest BCUT2D eigenvalue weighted by atomic mass is 15.1. The molecule has 2 heteroatoms. The third-order valence-corrected chi connectivity index (χ3v) is 6.67. The molecular weight excluding hydrogens is 364 g/mol. The summed E-state index contributed by atoms with van der Waals surface area (Å²) in [7, 11) is 0. The molecule has 0 aromatic heterocycles. The van der Waals surface area contributed by atoms with E-state index in [1.807, 2.05) is 0 Å². The third-order valence-electron chi connectivity index (χ3n) is 6.67. The summed E-state index contributed by atoms with van der Waals surface area (Å²) in [5.74, 6) is 0. The molecule has 2 heterocycles. The molecule has 0 radical (unpaired) electrons. The number of hydrogen-bond acceptors (Lipinski definition) is 2. The van der Waals surface area contributed by atoms with Crippen LogP contribution in [0.2, 0.25) is 0 Å². The van der Waals surface area contributed by atoms with Crippen LogP contribution >= 0.6 is 0 Å². The van der Waals surface area contributed by atoms with Crippen LogP contribution in [0.15, 0.2) is 60.7 Å². The number of rotatable bonds is 4. The van der Waals surface area contributed by atoms with Crippen molar-refractivity contribution in [2.24, 2.45) is 0 Å². The van der Waals surface area contributed by atoms with Crippen molar-refractivity contribution in [1.82, 2.24) is 0 Å². The van der Waals surface area contributed by atoms with E-state index in [4.69, 9.17) is 0 Å². The van der Waals surface area contributed by atoms with E-state index in [1.54, 1.807) is 0 Å². The van der Waals surface area contributed by atoms with Crippen LogP contribution in [-0.2, 0) is 25.9 Å². The van der Waals surface area contributed by atoms with Gasteiger partial charge in [-0.3, -0.25) is 0 Å². The van der Waals surface area contributed by atoms with Gasteiger partial charge in [-0.15, -0.1) is 0 Å². The van der Waals surface area contributed by atoms with Crippen LogP contribution in [0.1, 0.15) is 46.2 Å². The number of aryl methyl sites for hydroxylation is 4. The van der Waals surface area contributed by atoms with E-state index in [9.17, 15) is 0 Å². The summed E-state index contributed by atoms with van der Waals surface area (Å²) >= 11 is 0. The summed E-state index contributed by atoms with van der Waals surface area (Å²) < 4.78 is 0.